The molecule has 0 aromatic heterocycles. The van der Waals surface area contributed by atoms with Crippen molar-refractivity contribution in [1.82, 2.24) is 10.2 Å². The first kappa shape index (κ1) is 15.9. The van der Waals surface area contributed by atoms with E-state index in [1.54, 1.807) is 0 Å². The summed E-state index contributed by atoms with van der Waals surface area (Å²) in [5.74, 6) is -1.00. The molecule has 0 heterocycles. The minimum Gasteiger partial charge on any atom is -0.481 e. The van der Waals surface area contributed by atoms with E-state index in [2.05, 4.69) is 24.1 Å². The first-order valence-corrected chi connectivity index (χ1v) is 6.07. The third kappa shape index (κ3) is 6.26. The molecule has 0 bridgehead atoms. The smallest absolute Gasteiger partial charge is 0.312 e. The molecule has 0 saturated heterocycles. The van der Waals surface area contributed by atoms with Gasteiger partial charge in [0.05, 0.1) is 0 Å². The number of carboxylic acids is 1. The summed E-state index contributed by atoms with van der Waals surface area (Å²) in [5.41, 5.74) is 0. The van der Waals surface area contributed by atoms with E-state index in [1.165, 1.54) is 0 Å². The Kier molecular flexibility index (Phi) is 7.54. The van der Waals surface area contributed by atoms with Crippen molar-refractivity contribution in [3.05, 3.63) is 0 Å². The van der Waals surface area contributed by atoms with Gasteiger partial charge in [-0.15, -0.1) is 0 Å². The van der Waals surface area contributed by atoms with E-state index in [4.69, 9.17) is 5.11 Å². The maximum Gasteiger partial charge on any atom is 0.312 e. The van der Waals surface area contributed by atoms with Gasteiger partial charge in [0.2, 0.25) is 5.91 Å². The molecule has 1 unspecified atom stereocenters. The number of hydrogen-bond acceptors (Lipinski definition) is 3. The number of rotatable bonds is 8. The van der Waals surface area contributed by atoms with E-state index in [0.29, 0.717) is 12.5 Å². The van der Waals surface area contributed by atoms with Gasteiger partial charge in [0.1, 0.15) is 6.42 Å². The van der Waals surface area contributed by atoms with Gasteiger partial charge < -0.3 is 15.3 Å². The number of nitrogens with one attached hydrogen (secondary N) is 1. The van der Waals surface area contributed by atoms with E-state index in [0.717, 1.165) is 12.8 Å². The van der Waals surface area contributed by atoms with Crippen molar-refractivity contribution < 1.29 is 14.7 Å². The molecule has 0 aromatic carbocycles. The Morgan fingerprint density at radius 1 is 1.24 bits per heavy atom. The average Bonchev–Trinajstić information content (AvgIpc) is 2.22. The second kappa shape index (κ2) is 8.06. The number of carbonyl (C=O) groups excluding carboxylic acids is 1. The molecule has 5 nitrogen and oxygen atoms in total. The molecule has 100 valence electrons. The summed E-state index contributed by atoms with van der Waals surface area (Å²) in [5, 5.41) is 11.2. The van der Waals surface area contributed by atoms with Gasteiger partial charge in [-0.3, -0.25) is 9.59 Å². The summed E-state index contributed by atoms with van der Waals surface area (Å²) in [4.78, 5) is 23.7. The highest BCUT2D eigenvalue weighted by Gasteiger charge is 2.21. The Morgan fingerprint density at radius 3 is 2.12 bits per heavy atom. The highest BCUT2D eigenvalue weighted by Crippen LogP contribution is 2.16. The van der Waals surface area contributed by atoms with Gasteiger partial charge in [-0.1, -0.05) is 26.7 Å². The third-order valence-electron chi connectivity index (χ3n) is 3.08. The SMILES string of the molecule is CCC(CC)C(CNC(=O)CC(=O)O)N(C)C. The molecule has 0 fully saturated rings. The molecule has 0 saturated carbocycles. The monoisotopic (exact) mass is 244 g/mol. The van der Waals surface area contributed by atoms with E-state index in [9.17, 15) is 9.59 Å². The minimum absolute atomic E-state index is 0.253. The van der Waals surface area contributed by atoms with Crippen molar-refractivity contribution in [3.8, 4) is 0 Å². The van der Waals surface area contributed by atoms with Gasteiger partial charge in [0.25, 0.3) is 0 Å². The van der Waals surface area contributed by atoms with E-state index in [-0.39, 0.29) is 6.04 Å². The zero-order chi connectivity index (χ0) is 13.4. The molecule has 1 atom stereocenters. The number of likely N-dealkylation sites (N-methyl/N-ethyl adjacent to an activating group) is 1. The minimum atomic E-state index is -1.09. The zero-order valence-electron chi connectivity index (χ0n) is 11.2. The van der Waals surface area contributed by atoms with Gasteiger partial charge in [-0.25, -0.2) is 0 Å². The van der Waals surface area contributed by atoms with Gasteiger partial charge in [-0.2, -0.15) is 0 Å². The normalized spacial score (nSPS) is 12.8. The van der Waals surface area contributed by atoms with Gasteiger partial charge in [0.15, 0.2) is 0 Å². The molecule has 2 N–H and O–H groups in total. The summed E-state index contributed by atoms with van der Waals surface area (Å²) in [6, 6.07) is 0.253. The first-order valence-electron chi connectivity index (χ1n) is 6.07. The van der Waals surface area contributed by atoms with E-state index in [1.807, 2.05) is 14.1 Å². The largest absolute Gasteiger partial charge is 0.481 e. The average molecular weight is 244 g/mol. The van der Waals surface area contributed by atoms with Gasteiger partial charge in [0, 0.05) is 12.6 Å². The van der Waals surface area contributed by atoms with Crippen LogP contribution in [-0.4, -0.2) is 48.6 Å². The zero-order valence-corrected chi connectivity index (χ0v) is 11.2. The number of aliphatic carboxylic acids is 1. The molecule has 0 spiro atoms. The van der Waals surface area contributed by atoms with Crippen LogP contribution in [0.5, 0.6) is 0 Å². The first-order chi connectivity index (χ1) is 7.92. The maximum atomic E-state index is 11.3. The van der Waals surface area contributed by atoms with Crippen molar-refractivity contribution in [2.24, 2.45) is 5.92 Å². The van der Waals surface area contributed by atoms with Crippen LogP contribution in [0, 0.1) is 5.92 Å². The van der Waals surface area contributed by atoms with Crippen LogP contribution >= 0.6 is 0 Å². The summed E-state index contributed by atoms with van der Waals surface area (Å²) in [7, 11) is 3.96. The van der Waals surface area contributed by atoms with Crippen LogP contribution in [-0.2, 0) is 9.59 Å². The van der Waals surface area contributed by atoms with Crippen molar-refractivity contribution in [3.63, 3.8) is 0 Å². The number of carboxylic acid groups (broad SMARTS) is 1. The topological polar surface area (TPSA) is 69.6 Å². The fraction of sp³-hybridized carbons (Fsp3) is 0.833. The number of amides is 1. The lowest BCUT2D eigenvalue weighted by atomic mass is 9.93. The van der Waals surface area contributed by atoms with Crippen LogP contribution in [0.2, 0.25) is 0 Å². The van der Waals surface area contributed by atoms with Crippen LogP contribution in [0.25, 0.3) is 0 Å². The van der Waals surface area contributed by atoms with E-state index >= 15 is 0 Å². The van der Waals surface area contributed by atoms with Gasteiger partial charge in [-0.05, 0) is 20.0 Å². The molecular weight excluding hydrogens is 220 g/mol. The van der Waals surface area contributed by atoms with Crippen LogP contribution in [0.15, 0.2) is 0 Å². The molecule has 0 aromatic rings. The van der Waals surface area contributed by atoms with E-state index < -0.39 is 18.3 Å². The molecule has 0 rings (SSSR count). The quantitative estimate of drug-likeness (QED) is 0.624. The Bertz CT molecular complexity index is 250. The Morgan fingerprint density at radius 2 is 1.76 bits per heavy atom. The van der Waals surface area contributed by atoms with Crippen LogP contribution < -0.4 is 5.32 Å². The molecule has 0 aliphatic carbocycles. The fourth-order valence-corrected chi connectivity index (χ4v) is 2.02. The van der Waals surface area contributed by atoms with Crippen molar-refractivity contribution in [2.75, 3.05) is 20.6 Å². The molecule has 0 aliphatic rings. The molecule has 1 amide bonds. The summed E-state index contributed by atoms with van der Waals surface area (Å²) in [6.45, 7) is 4.76. The fourth-order valence-electron chi connectivity index (χ4n) is 2.02. The summed E-state index contributed by atoms with van der Waals surface area (Å²) in [6.07, 6.45) is 1.64. The molecular formula is C12H24N2O3. The maximum absolute atomic E-state index is 11.3. The molecule has 0 radical (unpaired) electrons. The number of carbonyl (C=O) groups is 2. The Hall–Kier alpha value is -1.10. The van der Waals surface area contributed by atoms with Gasteiger partial charge >= 0.3 is 5.97 Å². The van der Waals surface area contributed by atoms with Crippen molar-refractivity contribution >= 4 is 11.9 Å². The lowest BCUT2D eigenvalue weighted by molar-refractivity contribution is -0.140. The second-order valence-electron chi connectivity index (χ2n) is 4.48. The Labute approximate surface area is 103 Å². The van der Waals surface area contributed by atoms with Crippen molar-refractivity contribution in [1.29, 1.82) is 0 Å². The summed E-state index contributed by atoms with van der Waals surface area (Å²) >= 11 is 0. The third-order valence-corrected chi connectivity index (χ3v) is 3.08. The second-order valence-corrected chi connectivity index (χ2v) is 4.48. The number of hydrogen-bond donors (Lipinski definition) is 2. The molecule has 5 heteroatoms. The van der Waals surface area contributed by atoms with Crippen LogP contribution in [0.4, 0.5) is 0 Å². The predicted molar refractivity (Wildman–Crippen MR) is 66.8 cm³/mol. The lowest BCUT2D eigenvalue weighted by Crippen LogP contribution is -2.45. The lowest BCUT2D eigenvalue weighted by Gasteiger charge is -2.31. The highest BCUT2D eigenvalue weighted by atomic mass is 16.4. The van der Waals surface area contributed by atoms with Crippen LogP contribution in [0.1, 0.15) is 33.1 Å². The molecule has 0 aliphatic heterocycles. The summed E-state index contributed by atoms with van der Waals surface area (Å²) < 4.78 is 0. The predicted octanol–water partition coefficient (Wildman–Crippen LogP) is 0.944. The Balaban J connectivity index is 4.27. The number of nitrogens with zero attached hydrogens (tertiary/aromatic N) is 1. The highest BCUT2D eigenvalue weighted by molar-refractivity contribution is 5.93. The molecule has 17 heavy (non-hydrogen) atoms. The standard InChI is InChI=1S/C12H24N2O3/c1-5-9(6-2)10(14(3)4)8-13-11(15)7-12(16)17/h9-10H,5-8H2,1-4H3,(H,13,15)(H,16,17). The van der Waals surface area contributed by atoms with Crippen LogP contribution in [0.3, 0.4) is 0 Å². The van der Waals surface area contributed by atoms with Crippen molar-refractivity contribution in [2.45, 2.75) is 39.2 Å².